The van der Waals surface area contributed by atoms with Crippen molar-refractivity contribution in [1.29, 1.82) is 0 Å². The Balaban J connectivity index is 2.00. The Morgan fingerprint density at radius 1 is 1.26 bits per heavy atom. The summed E-state index contributed by atoms with van der Waals surface area (Å²) in [6.07, 6.45) is 3.30. The van der Waals surface area contributed by atoms with Crippen molar-refractivity contribution in [2.24, 2.45) is 0 Å². The van der Waals surface area contributed by atoms with Gasteiger partial charge in [0.1, 0.15) is 5.82 Å². The second-order valence-corrected chi connectivity index (χ2v) is 4.81. The minimum Gasteiger partial charge on any atom is -0.306 e. The number of carbonyl (C=O) groups excluding carboxylic acids is 1. The third-order valence-electron chi connectivity index (χ3n) is 3.15. The van der Waals surface area contributed by atoms with Crippen LogP contribution in [0.25, 0.3) is 0 Å². The summed E-state index contributed by atoms with van der Waals surface area (Å²) in [4.78, 5) is 17.7. The van der Waals surface area contributed by atoms with E-state index in [-0.39, 0.29) is 5.91 Å². The molecule has 0 bridgehead atoms. The number of anilines is 1. The highest BCUT2D eigenvalue weighted by molar-refractivity contribution is 6.30. The largest absolute Gasteiger partial charge is 0.306 e. The molecule has 0 saturated heterocycles. The second kappa shape index (κ2) is 4.63. The monoisotopic (exact) mass is 276 g/mol. The van der Waals surface area contributed by atoms with Crippen molar-refractivity contribution in [3.63, 3.8) is 0 Å². The van der Waals surface area contributed by atoms with Crippen molar-refractivity contribution in [3.8, 4) is 0 Å². The smallest absolute Gasteiger partial charge is 0.258 e. The van der Waals surface area contributed by atoms with Gasteiger partial charge in [0.15, 0.2) is 0 Å². The number of nitrogens with zero attached hydrogens (tertiary/aromatic N) is 2. The van der Waals surface area contributed by atoms with Crippen molar-refractivity contribution in [3.05, 3.63) is 58.6 Å². The van der Waals surface area contributed by atoms with Crippen LogP contribution >= 0.6 is 11.6 Å². The molecule has 19 heavy (non-hydrogen) atoms. The summed E-state index contributed by atoms with van der Waals surface area (Å²) in [5.74, 6) is -0.600. The maximum atomic E-state index is 13.2. The van der Waals surface area contributed by atoms with E-state index in [2.05, 4.69) is 4.98 Å². The van der Waals surface area contributed by atoms with Crippen molar-refractivity contribution in [2.45, 2.75) is 6.42 Å². The zero-order valence-corrected chi connectivity index (χ0v) is 10.7. The molecule has 3 rings (SSSR count). The van der Waals surface area contributed by atoms with Crippen LogP contribution in [0.4, 0.5) is 10.1 Å². The zero-order chi connectivity index (χ0) is 13.4. The molecule has 0 N–H and O–H groups in total. The molecule has 1 aromatic heterocycles. The maximum Gasteiger partial charge on any atom is 0.258 e. The van der Waals surface area contributed by atoms with E-state index in [0.29, 0.717) is 29.2 Å². The van der Waals surface area contributed by atoms with Gasteiger partial charge in [-0.1, -0.05) is 11.6 Å². The van der Waals surface area contributed by atoms with Crippen LogP contribution in [-0.4, -0.2) is 17.4 Å². The Bertz CT molecular complexity index is 660. The van der Waals surface area contributed by atoms with E-state index in [9.17, 15) is 9.18 Å². The molecule has 1 aliphatic rings. The molecule has 0 spiro atoms. The summed E-state index contributed by atoms with van der Waals surface area (Å²) in [6, 6.07) is 6.51. The lowest BCUT2D eigenvalue weighted by molar-refractivity contribution is 0.0980. The Hall–Kier alpha value is -1.94. The molecule has 0 unspecified atom stereocenters. The SMILES string of the molecule is O=C1c2ccc(Cl)cc2CCN1c1cncc(F)c1. The third kappa shape index (κ3) is 2.19. The molecule has 0 atom stereocenters. The molecule has 1 aliphatic heterocycles. The van der Waals surface area contributed by atoms with Crippen LogP contribution in [0.3, 0.4) is 0 Å². The molecule has 5 heteroatoms. The average molecular weight is 277 g/mol. The van der Waals surface area contributed by atoms with Gasteiger partial charge in [-0.2, -0.15) is 0 Å². The molecule has 2 aromatic rings. The van der Waals surface area contributed by atoms with Gasteiger partial charge in [0.05, 0.1) is 18.1 Å². The first-order valence-corrected chi connectivity index (χ1v) is 6.24. The van der Waals surface area contributed by atoms with E-state index >= 15 is 0 Å². The van der Waals surface area contributed by atoms with Gasteiger partial charge in [-0.15, -0.1) is 0 Å². The van der Waals surface area contributed by atoms with Crippen LogP contribution in [-0.2, 0) is 6.42 Å². The van der Waals surface area contributed by atoms with Crippen LogP contribution in [0.2, 0.25) is 5.02 Å². The highest BCUT2D eigenvalue weighted by Gasteiger charge is 2.25. The minimum atomic E-state index is -0.452. The fourth-order valence-corrected chi connectivity index (χ4v) is 2.45. The van der Waals surface area contributed by atoms with Crippen molar-refractivity contribution in [1.82, 2.24) is 4.98 Å². The summed E-state index contributed by atoms with van der Waals surface area (Å²) in [6.45, 7) is 0.497. The molecule has 2 heterocycles. The predicted octanol–water partition coefficient (Wildman–Crippen LogP) is 3.08. The van der Waals surface area contributed by atoms with Gasteiger partial charge in [-0.25, -0.2) is 4.39 Å². The normalized spacial score (nSPS) is 14.4. The number of carbonyl (C=O) groups is 1. The number of benzene rings is 1. The first-order valence-electron chi connectivity index (χ1n) is 5.86. The summed E-state index contributed by atoms with van der Waals surface area (Å²) in [5, 5.41) is 0.618. The fourth-order valence-electron chi connectivity index (χ4n) is 2.25. The summed E-state index contributed by atoms with van der Waals surface area (Å²) >= 11 is 5.91. The fraction of sp³-hybridized carbons (Fsp3) is 0.143. The number of aromatic nitrogens is 1. The van der Waals surface area contributed by atoms with Crippen molar-refractivity contribution in [2.75, 3.05) is 11.4 Å². The van der Waals surface area contributed by atoms with E-state index in [0.717, 1.165) is 11.8 Å². The lowest BCUT2D eigenvalue weighted by Gasteiger charge is -2.28. The van der Waals surface area contributed by atoms with Crippen LogP contribution in [0.15, 0.2) is 36.7 Å². The molecule has 0 fully saturated rings. The maximum absolute atomic E-state index is 13.2. The third-order valence-corrected chi connectivity index (χ3v) is 3.38. The van der Waals surface area contributed by atoms with Crippen LogP contribution in [0.5, 0.6) is 0 Å². The molecule has 0 aliphatic carbocycles. The number of hydrogen-bond donors (Lipinski definition) is 0. The first kappa shape index (κ1) is 12.1. The summed E-state index contributed by atoms with van der Waals surface area (Å²) in [7, 11) is 0. The van der Waals surface area contributed by atoms with E-state index in [1.54, 1.807) is 18.2 Å². The van der Waals surface area contributed by atoms with E-state index in [1.807, 2.05) is 0 Å². The molecular weight excluding hydrogens is 267 g/mol. The van der Waals surface area contributed by atoms with Crippen molar-refractivity contribution >= 4 is 23.2 Å². The van der Waals surface area contributed by atoms with Gasteiger partial charge in [0, 0.05) is 23.2 Å². The van der Waals surface area contributed by atoms with Crippen molar-refractivity contribution < 1.29 is 9.18 Å². The summed E-state index contributed by atoms with van der Waals surface area (Å²) in [5.41, 5.74) is 2.02. The number of amides is 1. The average Bonchev–Trinajstić information content (AvgIpc) is 2.39. The topological polar surface area (TPSA) is 33.2 Å². The Labute approximate surface area is 114 Å². The molecule has 0 saturated carbocycles. The number of hydrogen-bond acceptors (Lipinski definition) is 2. The van der Waals surface area contributed by atoms with E-state index in [4.69, 9.17) is 11.6 Å². The van der Waals surface area contributed by atoms with Gasteiger partial charge in [0.25, 0.3) is 5.91 Å². The van der Waals surface area contributed by atoms with E-state index < -0.39 is 5.82 Å². The highest BCUT2D eigenvalue weighted by atomic mass is 35.5. The quantitative estimate of drug-likeness (QED) is 0.802. The van der Waals surface area contributed by atoms with Gasteiger partial charge in [-0.3, -0.25) is 9.78 Å². The molecule has 3 nitrogen and oxygen atoms in total. The molecule has 1 aromatic carbocycles. The van der Waals surface area contributed by atoms with Gasteiger partial charge in [0.2, 0.25) is 0 Å². The molecule has 1 amide bonds. The number of fused-ring (bicyclic) bond motifs is 1. The van der Waals surface area contributed by atoms with Gasteiger partial charge >= 0.3 is 0 Å². The Morgan fingerprint density at radius 2 is 2.11 bits per heavy atom. The Morgan fingerprint density at radius 3 is 2.89 bits per heavy atom. The zero-order valence-electron chi connectivity index (χ0n) is 9.94. The lowest BCUT2D eigenvalue weighted by atomic mass is 9.99. The Kier molecular flexibility index (Phi) is 2.95. The molecular formula is C14H10ClFN2O. The molecule has 0 radical (unpaired) electrons. The number of pyridine rings is 1. The first-order chi connectivity index (χ1) is 9.15. The van der Waals surface area contributed by atoms with E-state index in [1.165, 1.54) is 17.2 Å². The van der Waals surface area contributed by atoms with Gasteiger partial charge < -0.3 is 4.90 Å². The number of halogens is 2. The van der Waals surface area contributed by atoms with Crippen LogP contribution in [0.1, 0.15) is 15.9 Å². The second-order valence-electron chi connectivity index (χ2n) is 4.37. The highest BCUT2D eigenvalue weighted by Crippen LogP contribution is 2.26. The van der Waals surface area contributed by atoms with Crippen LogP contribution < -0.4 is 4.90 Å². The molecule has 96 valence electrons. The van der Waals surface area contributed by atoms with Gasteiger partial charge in [-0.05, 0) is 30.2 Å². The number of rotatable bonds is 1. The lowest BCUT2D eigenvalue weighted by Crippen LogP contribution is -2.37. The standard InChI is InChI=1S/C14H10ClFN2O/c15-10-1-2-13-9(5-10)3-4-18(14(13)19)12-6-11(16)7-17-8-12/h1-2,5-8H,3-4H2. The predicted molar refractivity (Wildman–Crippen MR) is 71.0 cm³/mol. The summed E-state index contributed by atoms with van der Waals surface area (Å²) < 4.78 is 13.2. The van der Waals surface area contributed by atoms with Crippen LogP contribution in [0, 0.1) is 5.82 Å². The minimum absolute atomic E-state index is 0.148.